The number of rotatable bonds is 6. The van der Waals surface area contributed by atoms with Crippen LogP contribution in [-0.2, 0) is 9.53 Å². The molecule has 0 aliphatic heterocycles. The second kappa shape index (κ2) is 5.86. The summed E-state index contributed by atoms with van der Waals surface area (Å²) in [6.07, 6.45) is 3.92. The number of hydrogen-bond acceptors (Lipinski definition) is 6. The van der Waals surface area contributed by atoms with E-state index in [2.05, 4.69) is 9.97 Å². The van der Waals surface area contributed by atoms with Crippen LogP contribution < -0.4 is 9.80 Å². The van der Waals surface area contributed by atoms with E-state index in [-0.39, 0.29) is 12.5 Å². The number of aromatic nitrogens is 2. The minimum absolute atomic E-state index is 0.209. The minimum atomic E-state index is -0.209. The Kier molecular flexibility index (Phi) is 4.19. The molecule has 0 bridgehead atoms. The molecule has 1 aromatic heterocycles. The Labute approximate surface area is 113 Å². The van der Waals surface area contributed by atoms with Crippen LogP contribution in [0.2, 0.25) is 0 Å². The zero-order chi connectivity index (χ0) is 13.8. The fourth-order valence-electron chi connectivity index (χ4n) is 1.84. The van der Waals surface area contributed by atoms with Crippen molar-refractivity contribution in [2.24, 2.45) is 0 Å². The molecule has 1 saturated carbocycles. The molecule has 6 heteroatoms. The summed E-state index contributed by atoms with van der Waals surface area (Å²) in [7, 11) is 3.79. The lowest BCUT2D eigenvalue weighted by molar-refractivity contribution is -0.141. The summed E-state index contributed by atoms with van der Waals surface area (Å²) in [4.78, 5) is 24.2. The van der Waals surface area contributed by atoms with Crippen LogP contribution in [0.1, 0.15) is 19.8 Å². The normalized spacial score (nSPS) is 14.1. The maximum absolute atomic E-state index is 11.7. The molecular weight excluding hydrogens is 244 g/mol. The SMILES string of the molecule is CCOC(=O)CN(c1ccnc(N(C)C)n1)C1CC1. The van der Waals surface area contributed by atoms with E-state index in [9.17, 15) is 4.79 Å². The second-order valence-corrected chi connectivity index (χ2v) is 4.77. The van der Waals surface area contributed by atoms with Crippen molar-refractivity contribution >= 4 is 17.7 Å². The molecule has 1 aromatic rings. The van der Waals surface area contributed by atoms with Gasteiger partial charge in [-0.2, -0.15) is 4.98 Å². The van der Waals surface area contributed by atoms with Crippen molar-refractivity contribution in [2.45, 2.75) is 25.8 Å². The molecule has 0 radical (unpaired) electrons. The highest BCUT2D eigenvalue weighted by atomic mass is 16.5. The Balaban J connectivity index is 2.14. The van der Waals surface area contributed by atoms with Gasteiger partial charge in [-0.15, -0.1) is 0 Å². The standard InChI is InChI=1S/C13H20N4O2/c1-4-19-12(18)9-17(10-5-6-10)11-7-8-14-13(15-11)16(2)3/h7-8,10H,4-6,9H2,1-3H3. The number of hydrogen-bond donors (Lipinski definition) is 0. The van der Waals surface area contributed by atoms with Gasteiger partial charge in [-0.1, -0.05) is 0 Å². The molecule has 1 aliphatic carbocycles. The summed E-state index contributed by atoms with van der Waals surface area (Å²) in [5, 5.41) is 0. The molecule has 0 unspecified atom stereocenters. The Morgan fingerprint density at radius 1 is 1.47 bits per heavy atom. The van der Waals surface area contributed by atoms with Crippen molar-refractivity contribution in [3.63, 3.8) is 0 Å². The maximum Gasteiger partial charge on any atom is 0.325 e. The molecule has 1 fully saturated rings. The fourth-order valence-corrected chi connectivity index (χ4v) is 1.84. The fraction of sp³-hybridized carbons (Fsp3) is 0.615. The first kappa shape index (κ1) is 13.6. The van der Waals surface area contributed by atoms with Gasteiger partial charge in [0.15, 0.2) is 0 Å². The molecule has 6 nitrogen and oxygen atoms in total. The third-order valence-electron chi connectivity index (χ3n) is 2.91. The van der Waals surface area contributed by atoms with Gasteiger partial charge in [0.1, 0.15) is 12.4 Å². The summed E-state index contributed by atoms with van der Waals surface area (Å²) >= 11 is 0. The summed E-state index contributed by atoms with van der Waals surface area (Å²) in [6, 6.07) is 2.24. The van der Waals surface area contributed by atoms with Crippen LogP contribution in [0, 0.1) is 0 Å². The maximum atomic E-state index is 11.7. The van der Waals surface area contributed by atoms with Gasteiger partial charge in [0.25, 0.3) is 0 Å². The van der Waals surface area contributed by atoms with Crippen molar-refractivity contribution in [3.8, 4) is 0 Å². The van der Waals surface area contributed by atoms with Crippen molar-refractivity contribution in [1.29, 1.82) is 0 Å². The second-order valence-electron chi connectivity index (χ2n) is 4.77. The molecule has 19 heavy (non-hydrogen) atoms. The average Bonchev–Trinajstić information content (AvgIpc) is 3.20. The van der Waals surface area contributed by atoms with E-state index >= 15 is 0 Å². The lowest BCUT2D eigenvalue weighted by Gasteiger charge is -2.23. The highest BCUT2D eigenvalue weighted by molar-refractivity contribution is 5.75. The van der Waals surface area contributed by atoms with Crippen LogP contribution in [0.4, 0.5) is 11.8 Å². The van der Waals surface area contributed by atoms with Crippen LogP contribution in [0.3, 0.4) is 0 Å². The Morgan fingerprint density at radius 3 is 2.79 bits per heavy atom. The Bertz CT molecular complexity index is 446. The Morgan fingerprint density at radius 2 is 2.21 bits per heavy atom. The Hall–Kier alpha value is -1.85. The van der Waals surface area contributed by atoms with Gasteiger partial charge in [-0.25, -0.2) is 4.98 Å². The van der Waals surface area contributed by atoms with Gasteiger partial charge in [0, 0.05) is 26.3 Å². The summed E-state index contributed by atoms with van der Waals surface area (Å²) < 4.78 is 5.02. The molecular formula is C13H20N4O2. The van der Waals surface area contributed by atoms with Crippen LogP contribution in [0.5, 0.6) is 0 Å². The molecule has 0 aromatic carbocycles. The monoisotopic (exact) mass is 264 g/mol. The molecule has 0 spiro atoms. The lowest BCUT2D eigenvalue weighted by atomic mass is 10.4. The summed E-state index contributed by atoms with van der Waals surface area (Å²) in [5.41, 5.74) is 0. The van der Waals surface area contributed by atoms with E-state index < -0.39 is 0 Å². The molecule has 0 atom stereocenters. The van der Waals surface area contributed by atoms with Gasteiger partial charge < -0.3 is 14.5 Å². The molecule has 0 saturated heterocycles. The molecule has 0 amide bonds. The van der Waals surface area contributed by atoms with Crippen molar-refractivity contribution in [1.82, 2.24) is 9.97 Å². The van der Waals surface area contributed by atoms with Crippen LogP contribution in [0.15, 0.2) is 12.3 Å². The van der Waals surface area contributed by atoms with Crippen LogP contribution in [-0.4, -0.2) is 49.2 Å². The van der Waals surface area contributed by atoms with E-state index in [0.717, 1.165) is 18.7 Å². The average molecular weight is 264 g/mol. The van der Waals surface area contributed by atoms with E-state index in [0.29, 0.717) is 18.6 Å². The predicted molar refractivity (Wildman–Crippen MR) is 73.4 cm³/mol. The quantitative estimate of drug-likeness (QED) is 0.716. The zero-order valence-corrected chi connectivity index (χ0v) is 11.7. The van der Waals surface area contributed by atoms with Gasteiger partial charge in [0.05, 0.1) is 6.61 Å². The van der Waals surface area contributed by atoms with E-state index in [4.69, 9.17) is 4.74 Å². The molecule has 104 valence electrons. The highest BCUT2D eigenvalue weighted by Crippen LogP contribution is 2.30. The van der Waals surface area contributed by atoms with Crippen LogP contribution in [0.25, 0.3) is 0 Å². The first-order valence-electron chi connectivity index (χ1n) is 6.54. The summed E-state index contributed by atoms with van der Waals surface area (Å²) in [6.45, 7) is 2.47. The first-order chi connectivity index (χ1) is 9.11. The summed E-state index contributed by atoms with van der Waals surface area (Å²) in [5.74, 6) is 1.22. The number of nitrogens with zero attached hydrogens (tertiary/aromatic N) is 4. The molecule has 0 N–H and O–H groups in total. The number of esters is 1. The first-order valence-corrected chi connectivity index (χ1v) is 6.54. The van der Waals surface area contributed by atoms with Crippen molar-refractivity contribution < 1.29 is 9.53 Å². The molecule has 1 heterocycles. The third-order valence-corrected chi connectivity index (χ3v) is 2.91. The van der Waals surface area contributed by atoms with Gasteiger partial charge in [-0.3, -0.25) is 4.79 Å². The zero-order valence-electron chi connectivity index (χ0n) is 11.7. The van der Waals surface area contributed by atoms with Gasteiger partial charge >= 0.3 is 5.97 Å². The largest absolute Gasteiger partial charge is 0.465 e. The minimum Gasteiger partial charge on any atom is -0.465 e. The number of carbonyl (C=O) groups excluding carboxylic acids is 1. The smallest absolute Gasteiger partial charge is 0.325 e. The molecule has 1 aliphatic rings. The number of ether oxygens (including phenoxy) is 1. The van der Waals surface area contributed by atoms with Crippen molar-refractivity contribution in [2.75, 3.05) is 37.0 Å². The number of anilines is 2. The molecule has 2 rings (SSSR count). The number of carbonyl (C=O) groups is 1. The lowest BCUT2D eigenvalue weighted by Crippen LogP contribution is -2.34. The highest BCUT2D eigenvalue weighted by Gasteiger charge is 2.32. The van der Waals surface area contributed by atoms with E-state index in [1.54, 1.807) is 6.20 Å². The van der Waals surface area contributed by atoms with Crippen LogP contribution >= 0.6 is 0 Å². The topological polar surface area (TPSA) is 58.6 Å². The van der Waals surface area contributed by atoms with Crippen molar-refractivity contribution in [3.05, 3.63) is 12.3 Å². The van der Waals surface area contributed by atoms with E-state index in [1.165, 1.54) is 0 Å². The predicted octanol–water partition coefficient (Wildman–Crippen LogP) is 1.07. The van der Waals surface area contributed by atoms with Gasteiger partial charge in [0.2, 0.25) is 5.95 Å². The van der Waals surface area contributed by atoms with Gasteiger partial charge in [-0.05, 0) is 25.8 Å². The third kappa shape index (κ3) is 3.56. The van der Waals surface area contributed by atoms with E-state index in [1.807, 2.05) is 36.9 Å².